The number of hydrogen-bond donors (Lipinski definition) is 0. The normalized spacial score (nSPS) is 11.5. The van der Waals surface area contributed by atoms with Gasteiger partial charge in [0.1, 0.15) is 16.9 Å². The molecule has 0 aliphatic heterocycles. The number of rotatable bonds is 6. The Morgan fingerprint density at radius 2 is 1.96 bits per heavy atom. The highest BCUT2D eigenvalue weighted by Gasteiger charge is 2.16. The van der Waals surface area contributed by atoms with E-state index in [4.69, 9.17) is 21.3 Å². The van der Waals surface area contributed by atoms with E-state index in [1.807, 2.05) is 17.4 Å². The van der Waals surface area contributed by atoms with E-state index in [1.54, 1.807) is 13.2 Å². The number of halogens is 1. The fraction of sp³-hybridized carbons (Fsp3) is 0.471. The molecule has 0 spiro atoms. The van der Waals surface area contributed by atoms with Gasteiger partial charge in [-0.3, -0.25) is 4.40 Å². The molecular formula is C17H21ClN4O. The van der Waals surface area contributed by atoms with Crippen molar-refractivity contribution in [3.63, 3.8) is 0 Å². The summed E-state index contributed by atoms with van der Waals surface area (Å²) in [5.74, 6) is 1.55. The molecular weight excluding hydrogens is 312 g/mol. The molecule has 0 N–H and O–H groups in total. The van der Waals surface area contributed by atoms with E-state index < -0.39 is 0 Å². The summed E-state index contributed by atoms with van der Waals surface area (Å²) in [6, 6.07) is 3.67. The van der Waals surface area contributed by atoms with Crippen molar-refractivity contribution in [1.29, 1.82) is 0 Å². The number of nitrogens with zero attached hydrogens (tertiary/aromatic N) is 4. The molecule has 0 aliphatic carbocycles. The molecule has 122 valence electrons. The highest BCUT2D eigenvalue weighted by Crippen LogP contribution is 2.27. The molecule has 5 nitrogen and oxygen atoms in total. The first-order valence-corrected chi connectivity index (χ1v) is 8.41. The van der Waals surface area contributed by atoms with Crippen molar-refractivity contribution in [1.82, 2.24) is 19.4 Å². The Morgan fingerprint density at radius 3 is 2.70 bits per heavy atom. The summed E-state index contributed by atoms with van der Waals surface area (Å²) in [6.07, 6.45) is 5.69. The third-order valence-corrected chi connectivity index (χ3v) is 4.30. The van der Waals surface area contributed by atoms with Crippen LogP contribution < -0.4 is 4.74 Å². The summed E-state index contributed by atoms with van der Waals surface area (Å²) < 4.78 is 7.29. The third kappa shape index (κ3) is 2.98. The van der Waals surface area contributed by atoms with E-state index in [0.29, 0.717) is 11.0 Å². The van der Waals surface area contributed by atoms with Gasteiger partial charge in [-0.05, 0) is 19.4 Å². The van der Waals surface area contributed by atoms with Crippen molar-refractivity contribution >= 4 is 28.3 Å². The number of unbranched alkanes of at least 4 members (excludes halogenated alkanes) is 3. The molecule has 0 unspecified atom stereocenters. The lowest BCUT2D eigenvalue weighted by molar-refractivity contribution is 0.399. The van der Waals surface area contributed by atoms with Crippen LogP contribution in [0.5, 0.6) is 5.88 Å². The van der Waals surface area contributed by atoms with Crippen LogP contribution in [-0.2, 0) is 6.42 Å². The lowest BCUT2D eigenvalue weighted by atomic mass is 10.1. The molecule has 3 aromatic rings. The quantitative estimate of drug-likeness (QED) is 0.629. The van der Waals surface area contributed by atoms with Gasteiger partial charge in [-0.2, -0.15) is 4.98 Å². The molecule has 0 bridgehead atoms. The number of hydrogen-bond acceptors (Lipinski definition) is 4. The Bertz CT molecular complexity index is 844. The van der Waals surface area contributed by atoms with E-state index >= 15 is 0 Å². The van der Waals surface area contributed by atoms with Gasteiger partial charge in [-0.25, -0.2) is 9.97 Å². The molecule has 3 rings (SSSR count). The zero-order valence-corrected chi connectivity index (χ0v) is 14.5. The largest absolute Gasteiger partial charge is 0.481 e. The van der Waals surface area contributed by atoms with Gasteiger partial charge in [0.25, 0.3) is 0 Å². The minimum atomic E-state index is 0.467. The summed E-state index contributed by atoms with van der Waals surface area (Å²) in [5.41, 5.74) is 3.22. The Labute approximate surface area is 140 Å². The van der Waals surface area contributed by atoms with E-state index in [2.05, 4.69) is 16.9 Å². The summed E-state index contributed by atoms with van der Waals surface area (Å²) in [4.78, 5) is 13.7. The maximum atomic E-state index is 6.38. The van der Waals surface area contributed by atoms with Crippen molar-refractivity contribution in [2.24, 2.45) is 0 Å². The van der Waals surface area contributed by atoms with E-state index in [0.717, 1.165) is 41.0 Å². The molecule has 0 aromatic carbocycles. The fourth-order valence-corrected chi connectivity index (χ4v) is 3.19. The third-order valence-electron chi connectivity index (χ3n) is 4.04. The Kier molecular flexibility index (Phi) is 4.66. The second-order valence-electron chi connectivity index (χ2n) is 5.71. The minimum Gasteiger partial charge on any atom is -0.481 e. The topological polar surface area (TPSA) is 52.3 Å². The molecule has 0 atom stereocenters. The zero-order valence-electron chi connectivity index (χ0n) is 13.8. The summed E-state index contributed by atoms with van der Waals surface area (Å²) in [7, 11) is 1.61. The maximum Gasteiger partial charge on any atom is 0.215 e. The van der Waals surface area contributed by atoms with Crippen molar-refractivity contribution < 1.29 is 4.74 Å². The average molecular weight is 333 g/mol. The highest BCUT2D eigenvalue weighted by atomic mass is 35.5. The highest BCUT2D eigenvalue weighted by molar-refractivity contribution is 6.33. The van der Waals surface area contributed by atoms with Crippen LogP contribution >= 0.6 is 11.6 Å². The lowest BCUT2D eigenvalue weighted by Gasteiger charge is -2.08. The molecule has 6 heteroatoms. The molecule has 0 saturated carbocycles. The standard InChI is InChI=1S/C17H21ClN4O/c1-4-5-6-7-8-13-19-11(2)15-16(18)20-12-9-10-14(23-3)21-17(12)22(13)15/h9-10H,4-8H2,1-3H3. The molecule has 0 aliphatic rings. The maximum absolute atomic E-state index is 6.38. The molecule has 0 saturated heterocycles. The molecule has 0 fully saturated rings. The van der Waals surface area contributed by atoms with E-state index in [-0.39, 0.29) is 0 Å². The molecule has 23 heavy (non-hydrogen) atoms. The predicted molar refractivity (Wildman–Crippen MR) is 92.4 cm³/mol. The molecule has 3 heterocycles. The van der Waals surface area contributed by atoms with Gasteiger partial charge in [0.2, 0.25) is 5.88 Å². The first-order valence-electron chi connectivity index (χ1n) is 8.04. The van der Waals surface area contributed by atoms with Crippen molar-refractivity contribution in [2.75, 3.05) is 7.11 Å². The lowest BCUT2D eigenvalue weighted by Crippen LogP contribution is -2.01. The monoisotopic (exact) mass is 332 g/mol. The van der Waals surface area contributed by atoms with E-state index in [1.165, 1.54) is 19.3 Å². The van der Waals surface area contributed by atoms with Crippen LogP contribution in [0.25, 0.3) is 16.7 Å². The Balaban J connectivity index is 2.16. The molecule has 0 amide bonds. The summed E-state index contributed by atoms with van der Waals surface area (Å²) >= 11 is 6.38. The van der Waals surface area contributed by atoms with Crippen molar-refractivity contribution in [3.05, 3.63) is 28.8 Å². The fourth-order valence-electron chi connectivity index (χ4n) is 2.88. The number of imidazole rings is 1. The summed E-state index contributed by atoms with van der Waals surface area (Å²) in [5, 5.41) is 0.467. The van der Waals surface area contributed by atoms with Gasteiger partial charge in [0, 0.05) is 12.5 Å². The van der Waals surface area contributed by atoms with Crippen LogP contribution in [0.15, 0.2) is 12.1 Å². The van der Waals surface area contributed by atoms with Gasteiger partial charge in [-0.15, -0.1) is 0 Å². The predicted octanol–water partition coefficient (Wildman–Crippen LogP) is 4.37. The number of aromatic nitrogens is 4. The first kappa shape index (κ1) is 16.0. The number of aryl methyl sites for hydroxylation is 2. The SMILES string of the molecule is CCCCCCc1nc(C)c2c(Cl)nc3ccc(OC)nc3n12. The van der Waals surface area contributed by atoms with Gasteiger partial charge in [-0.1, -0.05) is 37.8 Å². The van der Waals surface area contributed by atoms with Crippen molar-refractivity contribution in [3.8, 4) is 5.88 Å². The van der Waals surface area contributed by atoms with Gasteiger partial charge in [0.15, 0.2) is 10.8 Å². The number of pyridine rings is 1. The van der Waals surface area contributed by atoms with Gasteiger partial charge < -0.3 is 4.74 Å². The van der Waals surface area contributed by atoms with Crippen LogP contribution in [0.4, 0.5) is 0 Å². The molecule has 3 aromatic heterocycles. The Hall–Kier alpha value is -1.88. The van der Waals surface area contributed by atoms with Crippen LogP contribution in [-0.4, -0.2) is 26.5 Å². The number of methoxy groups -OCH3 is 1. The number of fused-ring (bicyclic) bond motifs is 3. The van der Waals surface area contributed by atoms with Crippen molar-refractivity contribution in [2.45, 2.75) is 46.0 Å². The van der Waals surface area contributed by atoms with Crippen LogP contribution in [0, 0.1) is 6.92 Å². The second kappa shape index (κ2) is 6.71. The van der Waals surface area contributed by atoms with Crippen LogP contribution in [0.3, 0.4) is 0 Å². The second-order valence-corrected chi connectivity index (χ2v) is 6.07. The number of ether oxygens (including phenoxy) is 1. The van der Waals surface area contributed by atoms with E-state index in [9.17, 15) is 0 Å². The van der Waals surface area contributed by atoms with Crippen LogP contribution in [0.2, 0.25) is 5.15 Å². The first-order chi connectivity index (χ1) is 11.2. The Morgan fingerprint density at radius 1 is 1.13 bits per heavy atom. The minimum absolute atomic E-state index is 0.467. The van der Waals surface area contributed by atoms with Gasteiger partial charge in [0.05, 0.1) is 12.8 Å². The van der Waals surface area contributed by atoms with Crippen LogP contribution in [0.1, 0.15) is 44.1 Å². The average Bonchev–Trinajstić information content (AvgIpc) is 2.89. The molecule has 0 radical (unpaired) electrons. The summed E-state index contributed by atoms with van der Waals surface area (Å²) in [6.45, 7) is 4.18. The smallest absolute Gasteiger partial charge is 0.215 e. The van der Waals surface area contributed by atoms with Gasteiger partial charge >= 0.3 is 0 Å². The zero-order chi connectivity index (χ0) is 16.4.